The normalized spacial score (nSPS) is 10.8. The van der Waals surface area contributed by atoms with E-state index in [1.54, 1.807) is 16.8 Å². The van der Waals surface area contributed by atoms with Crippen molar-refractivity contribution in [3.8, 4) is 0 Å². The zero-order valence-corrected chi connectivity index (χ0v) is 14.9. The van der Waals surface area contributed by atoms with Gasteiger partial charge in [0.15, 0.2) is 0 Å². The second kappa shape index (κ2) is 7.78. The number of nitro groups is 1. The maximum absolute atomic E-state index is 12.0. The van der Waals surface area contributed by atoms with Crippen LogP contribution in [0.5, 0.6) is 0 Å². The van der Waals surface area contributed by atoms with Gasteiger partial charge in [-0.2, -0.15) is 5.10 Å². The Morgan fingerprint density at radius 2 is 2.12 bits per heavy atom. The Morgan fingerprint density at radius 1 is 1.40 bits per heavy atom. The molecule has 25 heavy (non-hydrogen) atoms. The second-order valence-electron chi connectivity index (χ2n) is 6.10. The number of aromatic nitrogens is 2. The largest absolute Gasteiger partial charge is 0.375 e. The van der Waals surface area contributed by atoms with E-state index in [4.69, 9.17) is 0 Å². The SMILES string of the molecule is CCc1nn(C)cc1CNc1ccc(C(=O)NC(C)C)cc1[N+](=O)[O-]. The third-order valence-corrected chi connectivity index (χ3v) is 3.67. The average molecular weight is 345 g/mol. The number of carbonyl (C=O) groups excluding carboxylic acids is 1. The molecule has 0 spiro atoms. The number of nitrogens with zero attached hydrogens (tertiary/aromatic N) is 3. The maximum atomic E-state index is 12.0. The van der Waals surface area contributed by atoms with Crippen LogP contribution >= 0.6 is 0 Å². The van der Waals surface area contributed by atoms with Crippen LogP contribution in [0, 0.1) is 10.1 Å². The van der Waals surface area contributed by atoms with E-state index < -0.39 is 4.92 Å². The molecule has 1 aromatic heterocycles. The summed E-state index contributed by atoms with van der Waals surface area (Å²) in [4.78, 5) is 22.9. The molecule has 0 bridgehead atoms. The summed E-state index contributed by atoms with van der Waals surface area (Å²) in [5.41, 5.74) is 2.45. The molecule has 0 fully saturated rings. The Balaban J connectivity index is 2.22. The third-order valence-electron chi connectivity index (χ3n) is 3.67. The lowest BCUT2D eigenvalue weighted by Gasteiger charge is -2.10. The smallest absolute Gasteiger partial charge is 0.293 e. The fraction of sp³-hybridized carbons (Fsp3) is 0.412. The minimum atomic E-state index is -0.488. The highest BCUT2D eigenvalue weighted by Gasteiger charge is 2.18. The first-order valence-corrected chi connectivity index (χ1v) is 8.16. The summed E-state index contributed by atoms with van der Waals surface area (Å²) in [6, 6.07) is 4.40. The van der Waals surface area contributed by atoms with Gasteiger partial charge in [-0.15, -0.1) is 0 Å². The van der Waals surface area contributed by atoms with Crippen molar-refractivity contribution in [1.29, 1.82) is 0 Å². The fourth-order valence-corrected chi connectivity index (χ4v) is 2.54. The molecule has 1 heterocycles. The van der Waals surface area contributed by atoms with E-state index in [0.29, 0.717) is 12.2 Å². The van der Waals surface area contributed by atoms with E-state index >= 15 is 0 Å². The number of hydrogen-bond acceptors (Lipinski definition) is 5. The van der Waals surface area contributed by atoms with Gasteiger partial charge in [-0.3, -0.25) is 19.6 Å². The van der Waals surface area contributed by atoms with Gasteiger partial charge in [0.05, 0.1) is 10.6 Å². The molecule has 0 aliphatic rings. The lowest BCUT2D eigenvalue weighted by atomic mass is 10.1. The molecule has 134 valence electrons. The molecule has 0 saturated carbocycles. The Labute approximate surface area is 146 Å². The monoisotopic (exact) mass is 345 g/mol. The molecule has 0 unspecified atom stereocenters. The highest BCUT2D eigenvalue weighted by atomic mass is 16.6. The van der Waals surface area contributed by atoms with Gasteiger partial charge in [0.2, 0.25) is 0 Å². The first-order chi connectivity index (χ1) is 11.8. The van der Waals surface area contributed by atoms with E-state index in [1.165, 1.54) is 6.07 Å². The van der Waals surface area contributed by atoms with Crippen LogP contribution in [0.1, 0.15) is 42.4 Å². The minimum Gasteiger partial charge on any atom is -0.375 e. The van der Waals surface area contributed by atoms with Crippen molar-refractivity contribution in [3.63, 3.8) is 0 Å². The van der Waals surface area contributed by atoms with Crippen LogP contribution in [0.25, 0.3) is 0 Å². The molecule has 0 radical (unpaired) electrons. The molecule has 0 saturated heterocycles. The van der Waals surface area contributed by atoms with Gasteiger partial charge in [-0.1, -0.05) is 6.92 Å². The molecular formula is C17H23N5O3. The summed E-state index contributed by atoms with van der Waals surface area (Å²) in [6.45, 7) is 6.11. The van der Waals surface area contributed by atoms with Crippen molar-refractivity contribution in [2.45, 2.75) is 39.8 Å². The highest BCUT2D eigenvalue weighted by Crippen LogP contribution is 2.26. The molecule has 2 N–H and O–H groups in total. The molecule has 2 rings (SSSR count). The zero-order chi connectivity index (χ0) is 18.6. The molecule has 1 amide bonds. The van der Waals surface area contributed by atoms with Crippen LogP contribution in [0.15, 0.2) is 24.4 Å². The average Bonchev–Trinajstić information content (AvgIpc) is 2.91. The summed E-state index contributed by atoms with van der Waals surface area (Å²) in [5, 5.41) is 21.5. The third kappa shape index (κ3) is 4.56. The topological polar surface area (TPSA) is 102 Å². The Morgan fingerprint density at radius 3 is 2.72 bits per heavy atom. The summed E-state index contributed by atoms with van der Waals surface area (Å²) < 4.78 is 1.73. The van der Waals surface area contributed by atoms with Gasteiger partial charge >= 0.3 is 0 Å². The summed E-state index contributed by atoms with van der Waals surface area (Å²) in [6.07, 6.45) is 2.68. The van der Waals surface area contributed by atoms with Crippen LogP contribution in [0.4, 0.5) is 11.4 Å². The van der Waals surface area contributed by atoms with Gasteiger partial charge in [0, 0.05) is 43.0 Å². The van der Waals surface area contributed by atoms with E-state index in [0.717, 1.165) is 17.7 Å². The minimum absolute atomic E-state index is 0.0394. The number of hydrogen-bond donors (Lipinski definition) is 2. The number of amides is 1. The number of nitro benzene ring substituents is 1. The number of carbonyl (C=O) groups is 1. The summed E-state index contributed by atoms with van der Waals surface area (Å²) >= 11 is 0. The van der Waals surface area contributed by atoms with Crippen LogP contribution in [-0.2, 0) is 20.0 Å². The Bertz CT molecular complexity index is 783. The molecule has 2 aromatic rings. The van der Waals surface area contributed by atoms with E-state index in [2.05, 4.69) is 15.7 Å². The first kappa shape index (κ1) is 18.4. The Kier molecular flexibility index (Phi) is 5.74. The molecule has 0 aliphatic carbocycles. The van der Waals surface area contributed by atoms with Gasteiger partial charge in [0.25, 0.3) is 11.6 Å². The number of benzene rings is 1. The van der Waals surface area contributed by atoms with Crippen LogP contribution in [0.2, 0.25) is 0 Å². The van der Waals surface area contributed by atoms with Gasteiger partial charge < -0.3 is 10.6 Å². The standard InChI is InChI=1S/C17H23N5O3/c1-5-14-13(10-21(4)20-14)9-18-15-7-6-12(8-16(15)22(24)25)17(23)19-11(2)3/h6-8,10-11,18H,5,9H2,1-4H3,(H,19,23). The summed E-state index contributed by atoms with van der Waals surface area (Å²) in [7, 11) is 1.84. The van der Waals surface area contributed by atoms with Crippen LogP contribution in [-0.4, -0.2) is 26.7 Å². The van der Waals surface area contributed by atoms with E-state index in [1.807, 2.05) is 34.0 Å². The quantitative estimate of drug-likeness (QED) is 0.593. The molecule has 0 aliphatic heterocycles. The highest BCUT2D eigenvalue weighted by molar-refractivity contribution is 5.95. The van der Waals surface area contributed by atoms with Crippen molar-refractivity contribution in [3.05, 3.63) is 51.3 Å². The number of rotatable bonds is 7. The predicted molar refractivity (Wildman–Crippen MR) is 95.6 cm³/mol. The number of anilines is 1. The second-order valence-corrected chi connectivity index (χ2v) is 6.10. The van der Waals surface area contributed by atoms with Gasteiger partial charge in [0.1, 0.15) is 5.69 Å². The van der Waals surface area contributed by atoms with Crippen molar-refractivity contribution >= 4 is 17.3 Å². The maximum Gasteiger partial charge on any atom is 0.293 e. The lowest BCUT2D eigenvalue weighted by molar-refractivity contribution is -0.384. The molecule has 8 heteroatoms. The van der Waals surface area contributed by atoms with Crippen LogP contribution in [0.3, 0.4) is 0 Å². The number of aryl methyl sites for hydroxylation is 2. The van der Waals surface area contributed by atoms with Gasteiger partial charge in [-0.25, -0.2) is 0 Å². The Hall–Kier alpha value is -2.90. The van der Waals surface area contributed by atoms with Crippen molar-refractivity contribution in [2.75, 3.05) is 5.32 Å². The van der Waals surface area contributed by atoms with E-state index in [-0.39, 0.29) is 23.2 Å². The van der Waals surface area contributed by atoms with Crippen LogP contribution < -0.4 is 10.6 Å². The fourth-order valence-electron chi connectivity index (χ4n) is 2.54. The van der Waals surface area contributed by atoms with Crippen molar-refractivity contribution < 1.29 is 9.72 Å². The molecular weight excluding hydrogens is 322 g/mol. The van der Waals surface area contributed by atoms with Crippen molar-refractivity contribution in [2.24, 2.45) is 7.05 Å². The van der Waals surface area contributed by atoms with E-state index in [9.17, 15) is 14.9 Å². The molecule has 1 aromatic carbocycles. The number of nitrogens with one attached hydrogen (secondary N) is 2. The first-order valence-electron chi connectivity index (χ1n) is 8.16. The summed E-state index contributed by atoms with van der Waals surface area (Å²) in [5.74, 6) is -0.329. The lowest BCUT2D eigenvalue weighted by Crippen LogP contribution is -2.30. The predicted octanol–water partition coefficient (Wildman–Crippen LogP) is 2.64. The van der Waals surface area contributed by atoms with Gasteiger partial charge in [-0.05, 0) is 32.4 Å². The van der Waals surface area contributed by atoms with Crippen molar-refractivity contribution in [1.82, 2.24) is 15.1 Å². The molecule has 8 nitrogen and oxygen atoms in total. The zero-order valence-electron chi connectivity index (χ0n) is 14.9. The molecule has 0 atom stereocenters.